The van der Waals surface area contributed by atoms with Crippen LogP contribution in [-0.2, 0) is 15.0 Å². The van der Waals surface area contributed by atoms with Crippen molar-refractivity contribution in [1.29, 1.82) is 0 Å². The number of rotatable bonds is 5. The number of hydrogen-bond acceptors (Lipinski definition) is 4. The summed E-state index contributed by atoms with van der Waals surface area (Å²) in [4.78, 5) is 14.7. The molecule has 0 saturated carbocycles. The third-order valence-electron chi connectivity index (χ3n) is 5.00. The van der Waals surface area contributed by atoms with Crippen LogP contribution < -0.4 is 0 Å². The first-order valence-corrected chi connectivity index (χ1v) is 10.5. The van der Waals surface area contributed by atoms with E-state index in [1.807, 2.05) is 13.0 Å². The molecule has 8 nitrogen and oxygen atoms in total. The first-order valence-electron chi connectivity index (χ1n) is 9.07. The van der Waals surface area contributed by atoms with Crippen LogP contribution in [0.1, 0.15) is 38.6 Å². The van der Waals surface area contributed by atoms with Gasteiger partial charge in [-0.05, 0) is 31.7 Å². The molecule has 1 unspecified atom stereocenters. The van der Waals surface area contributed by atoms with Gasteiger partial charge < -0.3 is 4.90 Å². The number of hydrogen-bond donors (Lipinski definition) is 0. The standard InChI is InChI=1S/C16H27N5O3S/c1-2-15(21-12-5-7-17-21)16(22)18-8-6-11-20(14-13-18)25(23,24)19-9-3-4-10-19/h5,7,12,15H,2-4,6,8-11,13-14H2,1H3. The smallest absolute Gasteiger partial charge is 0.282 e. The average molecular weight is 369 g/mol. The molecule has 0 spiro atoms. The summed E-state index contributed by atoms with van der Waals surface area (Å²) >= 11 is 0. The van der Waals surface area contributed by atoms with Crippen molar-refractivity contribution in [2.75, 3.05) is 39.3 Å². The van der Waals surface area contributed by atoms with Crippen LogP contribution in [0.3, 0.4) is 0 Å². The van der Waals surface area contributed by atoms with E-state index >= 15 is 0 Å². The van der Waals surface area contributed by atoms with Crippen LogP contribution >= 0.6 is 0 Å². The third kappa shape index (κ3) is 3.88. The van der Waals surface area contributed by atoms with Crippen molar-refractivity contribution in [3.8, 4) is 0 Å². The van der Waals surface area contributed by atoms with Gasteiger partial charge in [-0.1, -0.05) is 6.92 Å². The second kappa shape index (κ2) is 7.84. The highest BCUT2D eigenvalue weighted by atomic mass is 32.2. The topological polar surface area (TPSA) is 78.8 Å². The van der Waals surface area contributed by atoms with Crippen molar-refractivity contribution in [3.63, 3.8) is 0 Å². The zero-order valence-electron chi connectivity index (χ0n) is 14.7. The van der Waals surface area contributed by atoms with E-state index in [4.69, 9.17) is 0 Å². The van der Waals surface area contributed by atoms with Gasteiger partial charge >= 0.3 is 0 Å². The zero-order valence-corrected chi connectivity index (χ0v) is 15.6. The van der Waals surface area contributed by atoms with E-state index in [-0.39, 0.29) is 11.9 Å². The Morgan fingerprint density at radius 1 is 1.04 bits per heavy atom. The van der Waals surface area contributed by atoms with Crippen molar-refractivity contribution in [1.82, 2.24) is 23.3 Å². The second-order valence-corrected chi connectivity index (χ2v) is 8.53. The predicted octanol–water partition coefficient (Wildman–Crippen LogP) is 0.709. The molecule has 1 amide bonds. The van der Waals surface area contributed by atoms with Crippen LogP contribution in [0.5, 0.6) is 0 Å². The first-order chi connectivity index (χ1) is 12.0. The van der Waals surface area contributed by atoms with Gasteiger partial charge in [0.2, 0.25) is 5.91 Å². The summed E-state index contributed by atoms with van der Waals surface area (Å²) in [6, 6.07) is 1.49. The van der Waals surface area contributed by atoms with Crippen LogP contribution in [0.4, 0.5) is 0 Å². The maximum Gasteiger partial charge on any atom is 0.282 e. The largest absolute Gasteiger partial charge is 0.339 e. The van der Waals surface area contributed by atoms with E-state index in [0.29, 0.717) is 52.1 Å². The highest BCUT2D eigenvalue weighted by Gasteiger charge is 2.34. The maximum atomic E-state index is 12.9. The van der Waals surface area contributed by atoms with Gasteiger partial charge in [0, 0.05) is 51.7 Å². The monoisotopic (exact) mass is 369 g/mol. The molecule has 25 heavy (non-hydrogen) atoms. The number of carbonyl (C=O) groups excluding carboxylic acids is 1. The van der Waals surface area contributed by atoms with E-state index in [1.165, 1.54) is 0 Å². The molecule has 0 radical (unpaired) electrons. The Morgan fingerprint density at radius 2 is 1.72 bits per heavy atom. The molecule has 3 heterocycles. The molecule has 0 aliphatic carbocycles. The van der Waals surface area contributed by atoms with E-state index in [2.05, 4.69) is 5.10 Å². The van der Waals surface area contributed by atoms with Crippen LogP contribution in [-0.4, -0.2) is 76.9 Å². The number of nitrogens with zero attached hydrogens (tertiary/aromatic N) is 5. The minimum Gasteiger partial charge on any atom is -0.339 e. The lowest BCUT2D eigenvalue weighted by atomic mass is 10.2. The molecule has 0 aromatic carbocycles. The molecular formula is C16H27N5O3S. The van der Waals surface area contributed by atoms with Crippen LogP contribution in [0.25, 0.3) is 0 Å². The third-order valence-corrected chi connectivity index (χ3v) is 7.04. The Kier molecular flexibility index (Phi) is 5.75. The average Bonchev–Trinajstić information content (AvgIpc) is 3.26. The number of carbonyl (C=O) groups is 1. The SMILES string of the molecule is CCC(C(=O)N1CCCN(S(=O)(=O)N2CCCC2)CC1)n1cccn1. The lowest BCUT2D eigenvalue weighted by Crippen LogP contribution is -2.45. The van der Waals surface area contributed by atoms with Gasteiger partial charge in [-0.15, -0.1) is 0 Å². The quantitative estimate of drug-likeness (QED) is 0.766. The van der Waals surface area contributed by atoms with Gasteiger partial charge in [-0.3, -0.25) is 9.48 Å². The van der Waals surface area contributed by atoms with Crippen molar-refractivity contribution >= 4 is 16.1 Å². The van der Waals surface area contributed by atoms with Gasteiger partial charge in [0.25, 0.3) is 10.2 Å². The number of amides is 1. The minimum absolute atomic E-state index is 0.0200. The molecule has 2 fully saturated rings. The minimum atomic E-state index is -3.39. The maximum absolute atomic E-state index is 12.9. The summed E-state index contributed by atoms with van der Waals surface area (Å²) in [5, 5.41) is 4.19. The van der Waals surface area contributed by atoms with Gasteiger partial charge in [0.05, 0.1) is 0 Å². The van der Waals surface area contributed by atoms with Crippen molar-refractivity contribution in [2.45, 2.75) is 38.6 Å². The highest BCUT2D eigenvalue weighted by Crippen LogP contribution is 2.20. The molecule has 2 saturated heterocycles. The van der Waals surface area contributed by atoms with Crippen LogP contribution in [0, 0.1) is 0 Å². The zero-order chi connectivity index (χ0) is 17.9. The fourth-order valence-electron chi connectivity index (χ4n) is 3.58. The molecule has 1 aromatic heterocycles. The summed E-state index contributed by atoms with van der Waals surface area (Å²) in [5.74, 6) is 0.0200. The highest BCUT2D eigenvalue weighted by molar-refractivity contribution is 7.86. The van der Waals surface area contributed by atoms with Gasteiger partial charge in [0.15, 0.2) is 0 Å². The lowest BCUT2D eigenvalue weighted by molar-refractivity contribution is -0.135. The second-order valence-electron chi connectivity index (χ2n) is 6.60. The Balaban J connectivity index is 1.66. The van der Waals surface area contributed by atoms with Crippen molar-refractivity contribution < 1.29 is 13.2 Å². The molecule has 0 bridgehead atoms. The van der Waals surface area contributed by atoms with Crippen LogP contribution in [0.15, 0.2) is 18.5 Å². The normalized spacial score (nSPS) is 22.0. The lowest BCUT2D eigenvalue weighted by Gasteiger charge is -2.27. The van der Waals surface area contributed by atoms with Gasteiger partial charge in [-0.2, -0.15) is 22.1 Å². The Morgan fingerprint density at radius 3 is 2.36 bits per heavy atom. The summed E-state index contributed by atoms with van der Waals surface area (Å²) in [7, 11) is -3.39. The molecule has 3 rings (SSSR count). The predicted molar refractivity (Wildman–Crippen MR) is 94.1 cm³/mol. The summed E-state index contributed by atoms with van der Waals surface area (Å²) in [6.45, 7) is 5.04. The van der Waals surface area contributed by atoms with E-state index in [0.717, 1.165) is 12.8 Å². The summed E-state index contributed by atoms with van der Waals surface area (Å²) < 4.78 is 30.3. The van der Waals surface area contributed by atoms with Crippen molar-refractivity contribution in [2.24, 2.45) is 0 Å². The van der Waals surface area contributed by atoms with Gasteiger partial charge in [0.1, 0.15) is 6.04 Å². The Labute approximate surface area is 149 Å². The molecule has 2 aliphatic heterocycles. The molecular weight excluding hydrogens is 342 g/mol. The molecule has 2 aliphatic rings. The molecule has 140 valence electrons. The molecule has 9 heteroatoms. The fraction of sp³-hybridized carbons (Fsp3) is 0.750. The Bertz CT molecular complexity index is 670. The summed E-state index contributed by atoms with van der Waals surface area (Å²) in [5.41, 5.74) is 0. The van der Waals surface area contributed by atoms with Crippen LogP contribution in [0.2, 0.25) is 0 Å². The van der Waals surface area contributed by atoms with E-state index in [1.54, 1.807) is 30.6 Å². The van der Waals surface area contributed by atoms with E-state index in [9.17, 15) is 13.2 Å². The first kappa shape index (κ1) is 18.3. The van der Waals surface area contributed by atoms with Crippen molar-refractivity contribution in [3.05, 3.63) is 18.5 Å². The van der Waals surface area contributed by atoms with E-state index < -0.39 is 10.2 Å². The molecule has 1 atom stereocenters. The molecule has 1 aromatic rings. The fourth-order valence-corrected chi connectivity index (χ4v) is 5.30. The summed E-state index contributed by atoms with van der Waals surface area (Å²) in [6.07, 6.45) is 6.65. The van der Waals surface area contributed by atoms with Gasteiger partial charge in [-0.25, -0.2) is 0 Å². The molecule has 0 N–H and O–H groups in total. The number of aromatic nitrogens is 2. The Hall–Kier alpha value is -1.45.